The van der Waals surface area contributed by atoms with Gasteiger partial charge in [-0.2, -0.15) is 0 Å². The highest BCUT2D eigenvalue weighted by Crippen LogP contribution is 2.28. The average molecular weight is 238 g/mol. The van der Waals surface area contributed by atoms with Crippen molar-refractivity contribution in [1.82, 2.24) is 0 Å². The molecule has 2 N–H and O–H groups in total. The zero-order chi connectivity index (χ0) is 12.1. The summed E-state index contributed by atoms with van der Waals surface area (Å²) in [6.45, 7) is 6.35. The number of hydrogen-bond donors (Lipinski definition) is 2. The molecule has 1 aromatic carbocycles. The van der Waals surface area contributed by atoms with E-state index in [2.05, 4.69) is 32.9 Å². The lowest BCUT2D eigenvalue weighted by Crippen LogP contribution is -2.10. The molecule has 2 nitrogen and oxygen atoms in total. The Labute approximate surface area is 98.3 Å². The maximum Gasteiger partial charge on any atom is 0.122 e. The second-order valence-corrected chi connectivity index (χ2v) is 5.88. The van der Waals surface area contributed by atoms with Gasteiger partial charge in [0.25, 0.3) is 0 Å². The Morgan fingerprint density at radius 1 is 1.19 bits per heavy atom. The van der Waals surface area contributed by atoms with Crippen LogP contribution in [0.4, 0.5) is 0 Å². The van der Waals surface area contributed by atoms with Gasteiger partial charge in [-0.05, 0) is 46.1 Å². The summed E-state index contributed by atoms with van der Waals surface area (Å²) in [5.41, 5.74) is 3.72. The van der Waals surface area contributed by atoms with Crippen LogP contribution in [-0.4, -0.2) is 29.2 Å². The van der Waals surface area contributed by atoms with E-state index in [1.54, 1.807) is 0 Å². The predicted molar refractivity (Wildman–Crippen MR) is 71.7 cm³/mol. The van der Waals surface area contributed by atoms with Gasteiger partial charge in [-0.25, -0.2) is 0 Å². The highest BCUT2D eigenvalue weighted by molar-refractivity contribution is 7.67. The fraction of sp³-hybridized carbons (Fsp3) is 0.385. The second-order valence-electron chi connectivity index (χ2n) is 3.88. The van der Waals surface area contributed by atoms with Crippen molar-refractivity contribution in [3.8, 4) is 0 Å². The summed E-state index contributed by atoms with van der Waals surface area (Å²) in [6, 6.07) is 4.29. The van der Waals surface area contributed by atoms with Gasteiger partial charge in [-0.1, -0.05) is 23.9 Å². The van der Waals surface area contributed by atoms with Crippen LogP contribution in [0.15, 0.2) is 12.1 Å². The Morgan fingerprint density at radius 3 is 2.19 bits per heavy atom. The topological polar surface area (TPSA) is 40.5 Å². The van der Waals surface area contributed by atoms with E-state index >= 15 is 0 Å². The van der Waals surface area contributed by atoms with E-state index in [-0.39, 0.29) is 13.2 Å². The Balaban J connectivity index is 3.24. The van der Waals surface area contributed by atoms with Gasteiger partial charge in [-0.3, -0.25) is 0 Å². The number of aliphatic hydroxyl groups excluding tert-OH is 2. The molecule has 0 saturated heterocycles. The molecular formula is C13H19O2P. The number of hydrogen-bond acceptors (Lipinski definition) is 2. The Morgan fingerprint density at radius 2 is 1.75 bits per heavy atom. The molecule has 3 heteroatoms. The van der Waals surface area contributed by atoms with Gasteiger partial charge < -0.3 is 10.2 Å². The number of benzene rings is 1. The molecule has 0 aliphatic heterocycles. The number of rotatable bonds is 4. The van der Waals surface area contributed by atoms with Crippen LogP contribution >= 0.6 is 7.55 Å². The molecule has 0 amide bonds. The highest BCUT2D eigenvalue weighted by Gasteiger charge is 2.12. The maximum atomic E-state index is 9.02. The molecule has 1 aromatic rings. The van der Waals surface area contributed by atoms with Crippen molar-refractivity contribution in [2.75, 3.05) is 13.2 Å². The van der Waals surface area contributed by atoms with Gasteiger partial charge in [0, 0.05) is 0 Å². The van der Waals surface area contributed by atoms with Crippen molar-refractivity contribution < 1.29 is 10.2 Å². The van der Waals surface area contributed by atoms with Crippen LogP contribution in [0.1, 0.15) is 16.7 Å². The summed E-state index contributed by atoms with van der Waals surface area (Å²) >= 11 is 0. The van der Waals surface area contributed by atoms with E-state index in [9.17, 15) is 0 Å². The summed E-state index contributed by atoms with van der Waals surface area (Å²) in [6.07, 6.45) is 1.87. The highest BCUT2D eigenvalue weighted by atomic mass is 31.1. The molecule has 0 fully saturated rings. The van der Waals surface area contributed by atoms with Crippen molar-refractivity contribution in [3.63, 3.8) is 0 Å². The first-order valence-corrected chi connectivity index (χ1v) is 6.82. The van der Waals surface area contributed by atoms with Gasteiger partial charge in [0.2, 0.25) is 0 Å². The molecule has 16 heavy (non-hydrogen) atoms. The summed E-state index contributed by atoms with van der Waals surface area (Å²) < 4.78 is 0. The van der Waals surface area contributed by atoms with Gasteiger partial charge >= 0.3 is 0 Å². The van der Waals surface area contributed by atoms with Gasteiger partial charge in [-0.15, -0.1) is 0 Å². The minimum atomic E-state index is -0.660. The van der Waals surface area contributed by atoms with Crippen LogP contribution in [0.2, 0.25) is 0 Å². The largest absolute Gasteiger partial charge is 0.425 e. The zero-order valence-electron chi connectivity index (χ0n) is 10.1. The van der Waals surface area contributed by atoms with Crippen LogP contribution in [0.25, 0.3) is 0 Å². The van der Waals surface area contributed by atoms with Gasteiger partial charge in [0.15, 0.2) is 0 Å². The lowest BCUT2D eigenvalue weighted by Gasteiger charge is -2.11. The van der Waals surface area contributed by atoms with E-state index in [0.717, 1.165) is 0 Å². The Kier molecular flexibility index (Phi) is 5.14. The summed E-state index contributed by atoms with van der Waals surface area (Å²) in [4.78, 5) is 0. The van der Waals surface area contributed by atoms with Crippen molar-refractivity contribution in [2.24, 2.45) is 0 Å². The van der Waals surface area contributed by atoms with Crippen LogP contribution in [0.3, 0.4) is 0 Å². The van der Waals surface area contributed by atoms with Crippen molar-refractivity contribution >= 4 is 18.6 Å². The van der Waals surface area contributed by atoms with E-state index in [1.807, 2.05) is 12.0 Å². The lowest BCUT2D eigenvalue weighted by molar-refractivity contribution is 0.337. The monoisotopic (exact) mass is 238 g/mol. The van der Waals surface area contributed by atoms with Gasteiger partial charge in [0.05, 0.1) is 12.4 Å². The fourth-order valence-electron chi connectivity index (χ4n) is 2.01. The summed E-state index contributed by atoms with van der Waals surface area (Å²) in [5, 5.41) is 19.3. The first-order valence-electron chi connectivity index (χ1n) is 5.34. The molecule has 88 valence electrons. The summed E-state index contributed by atoms with van der Waals surface area (Å²) in [5.74, 6) is 1.87. The Bertz CT molecular complexity index is 374. The molecule has 0 saturated carbocycles. The fourth-order valence-corrected chi connectivity index (χ4v) is 3.82. The molecule has 0 spiro atoms. The van der Waals surface area contributed by atoms with Crippen molar-refractivity contribution in [3.05, 3.63) is 35.0 Å². The normalized spacial score (nSPS) is 11.9. The Hall–Kier alpha value is -0.690. The molecule has 0 bridgehead atoms. The third-order valence-corrected chi connectivity index (χ3v) is 4.79. The minimum Gasteiger partial charge on any atom is -0.425 e. The van der Waals surface area contributed by atoms with Crippen LogP contribution in [-0.2, 0) is 0 Å². The standard InChI is InChI=1S/C13H19O2P/c1-10-8-11(2)13(12(3)9-10)16(6-4-14)7-5-15/h6-9,14-15H,4-5H2,1-3H3. The second kappa shape index (κ2) is 6.15. The molecule has 1 unspecified atom stereocenters. The smallest absolute Gasteiger partial charge is 0.122 e. The molecule has 0 heterocycles. The zero-order valence-corrected chi connectivity index (χ0v) is 11.0. The lowest BCUT2D eigenvalue weighted by atomic mass is 10.1. The molecule has 0 aromatic heterocycles. The van der Waals surface area contributed by atoms with Crippen molar-refractivity contribution in [1.29, 1.82) is 0 Å². The van der Waals surface area contributed by atoms with Crippen LogP contribution in [0, 0.1) is 26.9 Å². The third kappa shape index (κ3) is 3.15. The van der Waals surface area contributed by atoms with E-state index in [4.69, 9.17) is 10.2 Å². The number of aliphatic hydroxyl groups is 2. The summed E-state index contributed by atoms with van der Waals surface area (Å²) in [7, 11) is -0.660. The average Bonchev–Trinajstić information content (AvgIpc) is 2.16. The quantitative estimate of drug-likeness (QED) is 0.618. The van der Waals surface area contributed by atoms with Gasteiger partial charge in [0.1, 0.15) is 5.30 Å². The molecule has 1 rings (SSSR count). The maximum absolute atomic E-state index is 9.02. The molecule has 1 atom stereocenters. The SMILES string of the molecule is Cc1cc(C)c(/[P+](=C\CO)[CH-]CO)c(C)c1. The van der Waals surface area contributed by atoms with Crippen LogP contribution in [0.5, 0.6) is 0 Å². The van der Waals surface area contributed by atoms with E-state index in [1.165, 1.54) is 22.0 Å². The predicted octanol–water partition coefficient (Wildman–Crippen LogP) is 1.67. The number of aryl methyl sites for hydroxylation is 3. The third-order valence-electron chi connectivity index (χ3n) is 2.45. The molecular weight excluding hydrogens is 219 g/mol. The van der Waals surface area contributed by atoms with E-state index in [0.29, 0.717) is 0 Å². The molecule has 0 aliphatic carbocycles. The van der Waals surface area contributed by atoms with Crippen LogP contribution < -0.4 is 5.30 Å². The first-order chi connectivity index (χ1) is 7.60. The molecule has 0 aliphatic rings. The van der Waals surface area contributed by atoms with Crippen molar-refractivity contribution in [2.45, 2.75) is 20.8 Å². The van der Waals surface area contributed by atoms with E-state index < -0.39 is 7.55 Å². The molecule has 0 radical (unpaired) electrons. The minimum absolute atomic E-state index is 0.0506. The first kappa shape index (κ1) is 13.4.